The van der Waals surface area contributed by atoms with Crippen molar-refractivity contribution in [3.63, 3.8) is 0 Å². The predicted octanol–water partition coefficient (Wildman–Crippen LogP) is 3.07. The molecule has 2 heterocycles. The lowest BCUT2D eigenvalue weighted by Gasteiger charge is -2.09. The summed E-state index contributed by atoms with van der Waals surface area (Å²) in [6, 6.07) is 6.19. The number of aromatic nitrogens is 3. The number of fused-ring (bicyclic) bond motifs is 1. The van der Waals surface area contributed by atoms with E-state index in [-0.39, 0.29) is 11.8 Å². The maximum Gasteiger partial charge on any atom is 0.230 e. The molecule has 6 heteroatoms. The molecule has 23 heavy (non-hydrogen) atoms. The molecule has 1 atom stereocenters. The van der Waals surface area contributed by atoms with E-state index in [0.717, 1.165) is 27.6 Å². The Hall–Kier alpha value is -2.21. The van der Waals surface area contributed by atoms with Crippen LogP contribution in [0.25, 0.3) is 11.0 Å². The zero-order chi connectivity index (χ0) is 16.6. The number of nitrogens with zero attached hydrogens (tertiary/aromatic N) is 3. The fraction of sp³-hybridized carbons (Fsp3) is 0.353. The summed E-state index contributed by atoms with van der Waals surface area (Å²) in [7, 11) is 1.97. The lowest BCUT2D eigenvalue weighted by atomic mass is 10.2. The average molecular weight is 328 g/mol. The molecule has 1 unspecified atom stereocenters. The number of carbonyl (C=O) groups excluding carboxylic acids is 1. The van der Waals surface area contributed by atoms with Crippen LogP contribution in [-0.2, 0) is 18.4 Å². The van der Waals surface area contributed by atoms with Gasteiger partial charge in [-0.1, -0.05) is 6.07 Å². The molecule has 0 saturated carbocycles. The second kappa shape index (κ2) is 6.12. The Kier molecular flexibility index (Phi) is 4.17. The zero-order valence-corrected chi connectivity index (χ0v) is 14.6. The molecule has 1 amide bonds. The Balaban J connectivity index is 1.73. The summed E-state index contributed by atoms with van der Waals surface area (Å²) < 4.78 is 2.02. The highest BCUT2D eigenvalue weighted by Crippen LogP contribution is 2.20. The van der Waals surface area contributed by atoms with Crippen LogP contribution in [0.15, 0.2) is 23.6 Å². The highest BCUT2D eigenvalue weighted by Gasteiger charge is 2.19. The Labute approximate surface area is 139 Å². The second-order valence-corrected chi connectivity index (χ2v) is 6.74. The van der Waals surface area contributed by atoms with Crippen LogP contribution >= 0.6 is 11.3 Å². The molecule has 3 rings (SSSR count). The molecule has 0 radical (unpaired) electrons. The molecule has 0 aliphatic heterocycles. The minimum Gasteiger partial charge on any atom is -0.348 e. The van der Waals surface area contributed by atoms with Gasteiger partial charge in [-0.3, -0.25) is 4.79 Å². The second-order valence-electron chi connectivity index (χ2n) is 5.85. The molecular formula is C17H20N4OS. The van der Waals surface area contributed by atoms with Gasteiger partial charge >= 0.3 is 0 Å². The average Bonchev–Trinajstić information content (AvgIpc) is 3.08. The molecule has 0 fully saturated rings. The van der Waals surface area contributed by atoms with Crippen molar-refractivity contribution in [1.29, 1.82) is 0 Å². The number of thiazole rings is 1. The van der Waals surface area contributed by atoms with E-state index in [1.54, 1.807) is 0 Å². The number of carbonyl (C=O) groups is 1. The minimum atomic E-state index is -0.245. The molecule has 2 aromatic heterocycles. The monoisotopic (exact) mass is 328 g/mol. The van der Waals surface area contributed by atoms with Gasteiger partial charge in [0.1, 0.15) is 10.8 Å². The van der Waals surface area contributed by atoms with Gasteiger partial charge in [0.2, 0.25) is 5.91 Å². The molecule has 5 nitrogen and oxygen atoms in total. The third-order valence-electron chi connectivity index (χ3n) is 3.95. The smallest absolute Gasteiger partial charge is 0.230 e. The number of hydrogen-bond acceptors (Lipinski definition) is 4. The van der Waals surface area contributed by atoms with Gasteiger partial charge in [-0.2, -0.15) is 0 Å². The van der Waals surface area contributed by atoms with Crippen LogP contribution in [-0.4, -0.2) is 20.4 Å². The first-order chi connectivity index (χ1) is 11.0. The third-order valence-corrected chi connectivity index (χ3v) is 5.10. The Morgan fingerprint density at radius 3 is 2.83 bits per heavy atom. The first kappa shape index (κ1) is 15.7. The fourth-order valence-corrected chi connectivity index (χ4v) is 3.37. The van der Waals surface area contributed by atoms with Gasteiger partial charge in [0.25, 0.3) is 0 Å². The number of nitrogens with one attached hydrogen (secondary N) is 1. The van der Waals surface area contributed by atoms with Crippen LogP contribution in [0.3, 0.4) is 0 Å². The Morgan fingerprint density at radius 2 is 2.13 bits per heavy atom. The largest absolute Gasteiger partial charge is 0.348 e. The van der Waals surface area contributed by atoms with E-state index in [0.29, 0.717) is 6.54 Å². The van der Waals surface area contributed by atoms with Crippen LogP contribution in [0.4, 0.5) is 0 Å². The summed E-state index contributed by atoms with van der Waals surface area (Å²) in [5, 5.41) is 5.78. The van der Waals surface area contributed by atoms with Crippen LogP contribution in [0.5, 0.6) is 0 Å². The predicted molar refractivity (Wildman–Crippen MR) is 92.6 cm³/mol. The van der Waals surface area contributed by atoms with E-state index in [9.17, 15) is 4.79 Å². The Bertz CT molecular complexity index is 865. The van der Waals surface area contributed by atoms with E-state index >= 15 is 0 Å². The first-order valence-electron chi connectivity index (χ1n) is 7.57. The lowest BCUT2D eigenvalue weighted by molar-refractivity contribution is -0.122. The minimum absolute atomic E-state index is 0.0254. The number of benzene rings is 1. The number of rotatable bonds is 4. The van der Waals surface area contributed by atoms with E-state index < -0.39 is 0 Å². The maximum atomic E-state index is 12.3. The number of imidazole rings is 1. The van der Waals surface area contributed by atoms with Gasteiger partial charge in [0, 0.05) is 18.1 Å². The summed E-state index contributed by atoms with van der Waals surface area (Å²) in [5.41, 5.74) is 4.16. The molecule has 1 N–H and O–H groups in total. The van der Waals surface area contributed by atoms with Crippen molar-refractivity contribution in [2.75, 3.05) is 0 Å². The standard InChI is InChI=1S/C17H20N4OS/c1-10-5-6-14-13(7-10)20-15(21(14)4)8-18-16(22)12(3)17-19-11(2)9-23-17/h5-7,9,12H,8H2,1-4H3,(H,18,22). The van der Waals surface area contributed by atoms with Gasteiger partial charge < -0.3 is 9.88 Å². The summed E-state index contributed by atoms with van der Waals surface area (Å²) in [6.45, 7) is 6.28. The molecule has 0 saturated heterocycles. The van der Waals surface area contributed by atoms with Crippen molar-refractivity contribution >= 4 is 28.3 Å². The normalized spacial score (nSPS) is 12.5. The summed E-state index contributed by atoms with van der Waals surface area (Å²) >= 11 is 1.52. The molecule has 0 spiro atoms. The third kappa shape index (κ3) is 3.12. The molecule has 0 aliphatic rings. The Morgan fingerprint density at radius 1 is 1.35 bits per heavy atom. The first-order valence-corrected chi connectivity index (χ1v) is 8.45. The van der Waals surface area contributed by atoms with E-state index in [1.807, 2.05) is 37.8 Å². The number of hydrogen-bond donors (Lipinski definition) is 1. The van der Waals surface area contributed by atoms with Crippen molar-refractivity contribution in [2.24, 2.45) is 7.05 Å². The topological polar surface area (TPSA) is 59.8 Å². The highest BCUT2D eigenvalue weighted by molar-refractivity contribution is 7.09. The van der Waals surface area contributed by atoms with Gasteiger partial charge in [-0.05, 0) is 38.5 Å². The molecule has 1 aromatic carbocycles. The summed E-state index contributed by atoms with van der Waals surface area (Å²) in [4.78, 5) is 21.3. The van der Waals surface area contributed by atoms with E-state index in [1.165, 1.54) is 16.9 Å². The van der Waals surface area contributed by atoms with Crippen LogP contribution in [0.2, 0.25) is 0 Å². The van der Waals surface area contributed by atoms with Crippen molar-refractivity contribution in [3.8, 4) is 0 Å². The number of amides is 1. The molecule has 0 bridgehead atoms. The lowest BCUT2D eigenvalue weighted by Crippen LogP contribution is -2.28. The van der Waals surface area contributed by atoms with E-state index in [2.05, 4.69) is 33.5 Å². The van der Waals surface area contributed by atoms with Crippen molar-refractivity contribution in [3.05, 3.63) is 45.7 Å². The van der Waals surface area contributed by atoms with Crippen LogP contribution in [0.1, 0.15) is 34.9 Å². The van der Waals surface area contributed by atoms with Crippen LogP contribution in [0, 0.1) is 13.8 Å². The molecule has 0 aliphatic carbocycles. The van der Waals surface area contributed by atoms with Crippen LogP contribution < -0.4 is 5.32 Å². The quantitative estimate of drug-likeness (QED) is 0.801. The molecule has 3 aromatic rings. The van der Waals surface area contributed by atoms with Crippen molar-refractivity contribution < 1.29 is 4.79 Å². The zero-order valence-electron chi connectivity index (χ0n) is 13.8. The van der Waals surface area contributed by atoms with Gasteiger partial charge in [-0.15, -0.1) is 11.3 Å². The highest BCUT2D eigenvalue weighted by atomic mass is 32.1. The van der Waals surface area contributed by atoms with Gasteiger partial charge in [-0.25, -0.2) is 9.97 Å². The molecule has 120 valence electrons. The maximum absolute atomic E-state index is 12.3. The van der Waals surface area contributed by atoms with Crippen molar-refractivity contribution in [2.45, 2.75) is 33.2 Å². The van der Waals surface area contributed by atoms with Gasteiger partial charge in [0.05, 0.1) is 23.5 Å². The summed E-state index contributed by atoms with van der Waals surface area (Å²) in [6.07, 6.45) is 0. The SMILES string of the molecule is Cc1ccc2c(c1)nc(CNC(=O)C(C)c1nc(C)cs1)n2C. The fourth-order valence-electron chi connectivity index (χ4n) is 2.52. The summed E-state index contributed by atoms with van der Waals surface area (Å²) in [5.74, 6) is 0.578. The van der Waals surface area contributed by atoms with Crippen molar-refractivity contribution in [1.82, 2.24) is 19.9 Å². The van der Waals surface area contributed by atoms with Gasteiger partial charge in [0.15, 0.2) is 0 Å². The molecular weight excluding hydrogens is 308 g/mol. The number of aryl methyl sites for hydroxylation is 3. The van der Waals surface area contributed by atoms with E-state index in [4.69, 9.17) is 0 Å².